The summed E-state index contributed by atoms with van der Waals surface area (Å²) in [7, 11) is 0. The normalized spacial score (nSPS) is 17.9. The van der Waals surface area contributed by atoms with Gasteiger partial charge in [0.05, 0.1) is 13.2 Å². The third kappa shape index (κ3) is 6.78. The lowest BCUT2D eigenvalue weighted by molar-refractivity contribution is 0.0393. The zero-order valence-electron chi connectivity index (χ0n) is 21.6. The molecule has 2 aliphatic rings. The number of morpholine rings is 1. The molecule has 35 heavy (non-hydrogen) atoms. The summed E-state index contributed by atoms with van der Waals surface area (Å²) in [6, 6.07) is 12.4. The number of hydrogen-bond acceptors (Lipinski definition) is 6. The summed E-state index contributed by atoms with van der Waals surface area (Å²) in [5, 5.41) is 0. The lowest BCUT2D eigenvalue weighted by Gasteiger charge is -2.37. The second-order valence-electron chi connectivity index (χ2n) is 9.98. The van der Waals surface area contributed by atoms with Crippen molar-refractivity contribution in [1.29, 1.82) is 0 Å². The fourth-order valence-electron chi connectivity index (χ4n) is 5.16. The van der Waals surface area contributed by atoms with Gasteiger partial charge in [0.15, 0.2) is 5.78 Å². The molecule has 6 heteroatoms. The third-order valence-electron chi connectivity index (χ3n) is 7.35. The molecule has 188 valence electrons. The van der Waals surface area contributed by atoms with Gasteiger partial charge in [-0.25, -0.2) is 0 Å². The van der Waals surface area contributed by atoms with Crippen molar-refractivity contribution in [3.05, 3.63) is 71.2 Å². The second-order valence-corrected chi connectivity index (χ2v) is 9.98. The summed E-state index contributed by atoms with van der Waals surface area (Å²) in [5.41, 5.74) is 6.43. The molecule has 2 aliphatic heterocycles. The first-order valence-electron chi connectivity index (χ1n) is 12.9. The molecule has 0 unspecified atom stereocenters. The fraction of sp³-hybridized carbons (Fsp3) is 0.517. The van der Waals surface area contributed by atoms with Crippen molar-refractivity contribution >= 4 is 11.5 Å². The van der Waals surface area contributed by atoms with Gasteiger partial charge in [-0.2, -0.15) is 0 Å². The van der Waals surface area contributed by atoms with Crippen molar-refractivity contribution in [1.82, 2.24) is 14.8 Å². The minimum absolute atomic E-state index is 0.0943. The average molecular weight is 477 g/mol. The molecular formula is C29H40N4O2. The molecule has 1 aromatic carbocycles. The molecule has 2 aromatic rings. The van der Waals surface area contributed by atoms with Gasteiger partial charge in [0.2, 0.25) is 0 Å². The highest BCUT2D eigenvalue weighted by atomic mass is 16.5. The Morgan fingerprint density at radius 2 is 1.83 bits per heavy atom. The molecule has 0 amide bonds. The molecule has 0 bridgehead atoms. The van der Waals surface area contributed by atoms with Gasteiger partial charge in [0.25, 0.3) is 0 Å². The van der Waals surface area contributed by atoms with Crippen LogP contribution in [0.1, 0.15) is 53.0 Å². The van der Waals surface area contributed by atoms with Gasteiger partial charge in [0.1, 0.15) is 0 Å². The number of Topliss-reactive ketones (excluding diaryl/α,β-unsaturated/α-hetero) is 1. The Labute approximate surface area is 210 Å². The van der Waals surface area contributed by atoms with Crippen LogP contribution in [0.5, 0.6) is 0 Å². The molecule has 0 aliphatic carbocycles. The van der Waals surface area contributed by atoms with Gasteiger partial charge in [-0.3, -0.25) is 19.6 Å². The van der Waals surface area contributed by atoms with E-state index in [0.29, 0.717) is 5.92 Å². The number of pyridine rings is 1. The van der Waals surface area contributed by atoms with E-state index < -0.39 is 0 Å². The maximum Gasteiger partial charge on any atom is 0.159 e. The third-order valence-corrected chi connectivity index (χ3v) is 7.35. The van der Waals surface area contributed by atoms with Gasteiger partial charge in [0, 0.05) is 67.0 Å². The van der Waals surface area contributed by atoms with Crippen molar-refractivity contribution in [3.8, 4) is 0 Å². The van der Waals surface area contributed by atoms with E-state index in [-0.39, 0.29) is 5.78 Å². The van der Waals surface area contributed by atoms with Crippen molar-refractivity contribution in [3.63, 3.8) is 0 Å². The SMILES string of the molecule is C=C(CN1CCC(c2cccc(C)n2)CC1)N(CCN1CCOCC1)c1cc(C(C)=O)ccc1C. The van der Waals surface area contributed by atoms with Crippen LogP contribution in [-0.4, -0.2) is 79.6 Å². The van der Waals surface area contributed by atoms with Crippen molar-refractivity contribution in [2.45, 2.75) is 39.5 Å². The number of likely N-dealkylation sites (tertiary alicyclic amines) is 1. The molecule has 1 aromatic heterocycles. The number of piperidine rings is 1. The lowest BCUT2D eigenvalue weighted by atomic mass is 9.93. The van der Waals surface area contributed by atoms with Crippen molar-refractivity contribution in [2.75, 3.05) is 63.9 Å². The number of rotatable bonds is 9. The van der Waals surface area contributed by atoms with E-state index in [1.807, 2.05) is 12.1 Å². The van der Waals surface area contributed by atoms with Gasteiger partial charge in [-0.15, -0.1) is 0 Å². The molecule has 6 nitrogen and oxygen atoms in total. The van der Waals surface area contributed by atoms with E-state index in [2.05, 4.69) is 59.4 Å². The maximum atomic E-state index is 12.1. The van der Waals surface area contributed by atoms with Crippen LogP contribution in [0.25, 0.3) is 0 Å². The van der Waals surface area contributed by atoms with Gasteiger partial charge in [-0.1, -0.05) is 24.8 Å². The minimum atomic E-state index is 0.0943. The Balaban J connectivity index is 1.44. The smallest absolute Gasteiger partial charge is 0.159 e. The molecule has 0 spiro atoms. The number of ether oxygens (including phenoxy) is 1. The number of nitrogens with zero attached hydrogens (tertiary/aromatic N) is 4. The maximum absolute atomic E-state index is 12.1. The Morgan fingerprint density at radius 3 is 2.51 bits per heavy atom. The number of anilines is 1. The van der Waals surface area contributed by atoms with Gasteiger partial charge >= 0.3 is 0 Å². The van der Waals surface area contributed by atoms with Crippen LogP contribution in [0, 0.1) is 13.8 Å². The molecule has 0 N–H and O–H groups in total. The Bertz CT molecular complexity index is 1020. The predicted octanol–water partition coefficient (Wildman–Crippen LogP) is 4.43. The number of benzene rings is 1. The Kier molecular flexibility index (Phi) is 8.71. The molecule has 2 fully saturated rings. The summed E-state index contributed by atoms with van der Waals surface area (Å²) in [6.45, 7) is 18.6. The number of ketones is 1. The van der Waals surface area contributed by atoms with Crippen LogP contribution < -0.4 is 4.90 Å². The zero-order chi connectivity index (χ0) is 24.8. The largest absolute Gasteiger partial charge is 0.379 e. The van der Waals surface area contributed by atoms with Crippen LogP contribution in [0.2, 0.25) is 0 Å². The summed E-state index contributed by atoms with van der Waals surface area (Å²) >= 11 is 0. The van der Waals surface area contributed by atoms with Crippen molar-refractivity contribution < 1.29 is 9.53 Å². The lowest BCUT2D eigenvalue weighted by Crippen LogP contribution is -2.43. The van der Waals surface area contributed by atoms with E-state index in [1.165, 1.54) is 11.3 Å². The molecular weight excluding hydrogens is 436 g/mol. The molecule has 0 saturated carbocycles. The van der Waals surface area contributed by atoms with Gasteiger partial charge in [-0.05, 0) is 70.5 Å². The first kappa shape index (κ1) is 25.5. The summed E-state index contributed by atoms with van der Waals surface area (Å²) < 4.78 is 5.53. The van der Waals surface area contributed by atoms with Crippen molar-refractivity contribution in [2.24, 2.45) is 0 Å². The minimum Gasteiger partial charge on any atom is -0.379 e. The highest BCUT2D eigenvalue weighted by Crippen LogP contribution is 2.29. The van der Waals surface area contributed by atoms with Crippen LogP contribution in [0.15, 0.2) is 48.7 Å². The van der Waals surface area contributed by atoms with E-state index in [4.69, 9.17) is 9.72 Å². The van der Waals surface area contributed by atoms with E-state index in [9.17, 15) is 4.79 Å². The number of carbonyl (C=O) groups excluding carboxylic acids is 1. The predicted molar refractivity (Wildman–Crippen MR) is 142 cm³/mol. The van der Waals surface area contributed by atoms with E-state index >= 15 is 0 Å². The van der Waals surface area contributed by atoms with Crippen LogP contribution in [-0.2, 0) is 4.74 Å². The number of carbonyl (C=O) groups is 1. The Hall–Kier alpha value is -2.54. The summed E-state index contributed by atoms with van der Waals surface area (Å²) in [4.78, 5) is 24.2. The molecule has 4 rings (SSSR count). The number of aromatic nitrogens is 1. The van der Waals surface area contributed by atoms with Gasteiger partial charge < -0.3 is 9.64 Å². The topological polar surface area (TPSA) is 48.9 Å². The fourth-order valence-corrected chi connectivity index (χ4v) is 5.16. The van der Waals surface area contributed by atoms with Crippen LogP contribution >= 0.6 is 0 Å². The van der Waals surface area contributed by atoms with Crippen LogP contribution in [0.3, 0.4) is 0 Å². The first-order chi connectivity index (χ1) is 16.9. The summed E-state index contributed by atoms with van der Waals surface area (Å²) in [6.07, 6.45) is 2.24. The monoisotopic (exact) mass is 476 g/mol. The van der Waals surface area contributed by atoms with Crippen LogP contribution in [0.4, 0.5) is 5.69 Å². The van der Waals surface area contributed by atoms with E-state index in [0.717, 1.165) is 94.5 Å². The quantitative estimate of drug-likeness (QED) is 0.499. The standard InChI is InChI=1S/C29H40N4O2/c1-22-8-9-27(25(4)34)20-29(22)33(15-14-31-16-18-35-19-17-31)24(3)21-32-12-10-26(11-13-32)28-7-5-6-23(2)30-28/h5-9,20,26H,3,10-19,21H2,1-2,4H3. The zero-order valence-corrected chi connectivity index (χ0v) is 21.6. The number of aryl methyl sites for hydroxylation is 2. The average Bonchev–Trinajstić information content (AvgIpc) is 2.86. The highest BCUT2D eigenvalue weighted by Gasteiger charge is 2.24. The Morgan fingerprint density at radius 1 is 1.09 bits per heavy atom. The molecule has 2 saturated heterocycles. The number of hydrogen-bond donors (Lipinski definition) is 0. The molecule has 3 heterocycles. The highest BCUT2D eigenvalue weighted by molar-refractivity contribution is 5.95. The summed E-state index contributed by atoms with van der Waals surface area (Å²) in [5.74, 6) is 0.628. The second kappa shape index (κ2) is 11.9. The first-order valence-corrected chi connectivity index (χ1v) is 12.9. The molecule has 0 atom stereocenters. The molecule has 0 radical (unpaired) electrons. The van der Waals surface area contributed by atoms with E-state index in [1.54, 1.807) is 6.92 Å².